The molecule has 2 heterocycles. The Bertz CT molecular complexity index is 541. The van der Waals surface area contributed by atoms with E-state index in [1.165, 1.54) is 6.07 Å². The van der Waals surface area contributed by atoms with Crippen molar-refractivity contribution in [2.75, 3.05) is 39.3 Å². The van der Waals surface area contributed by atoms with Crippen LogP contribution in [0, 0.1) is 5.82 Å². The van der Waals surface area contributed by atoms with Crippen molar-refractivity contribution in [2.24, 2.45) is 0 Å². The molecular weight excluding hydrogens is 310 g/mol. The SMILES string of the molecule is Fc1ccc(CN2CCC(N3CCNCC3)C2)c(C(F)(F)F)c1. The predicted octanol–water partition coefficient (Wildman–Crippen LogP) is 2.32. The molecule has 1 N–H and O–H groups in total. The molecule has 1 aromatic rings. The number of likely N-dealkylation sites (tertiary alicyclic amines) is 1. The smallest absolute Gasteiger partial charge is 0.314 e. The standard InChI is InChI=1S/C16H21F4N3/c17-13-2-1-12(15(9-13)16(18,19)20)10-22-6-3-14(11-22)23-7-4-21-5-8-23/h1-2,9,14,21H,3-8,10-11H2. The average Bonchev–Trinajstić information content (AvgIpc) is 2.97. The lowest BCUT2D eigenvalue weighted by atomic mass is 10.1. The summed E-state index contributed by atoms with van der Waals surface area (Å²) in [7, 11) is 0. The van der Waals surface area contributed by atoms with Crippen molar-refractivity contribution in [3.63, 3.8) is 0 Å². The van der Waals surface area contributed by atoms with Crippen LogP contribution in [-0.4, -0.2) is 55.1 Å². The maximum Gasteiger partial charge on any atom is 0.416 e. The summed E-state index contributed by atoms with van der Waals surface area (Å²) in [6.07, 6.45) is -3.54. The van der Waals surface area contributed by atoms with Crippen LogP contribution in [0.25, 0.3) is 0 Å². The summed E-state index contributed by atoms with van der Waals surface area (Å²) < 4.78 is 52.4. The summed E-state index contributed by atoms with van der Waals surface area (Å²) in [4.78, 5) is 4.45. The summed E-state index contributed by atoms with van der Waals surface area (Å²) in [6, 6.07) is 3.37. The lowest BCUT2D eigenvalue weighted by molar-refractivity contribution is -0.138. The molecule has 1 aromatic carbocycles. The fraction of sp³-hybridized carbons (Fsp3) is 0.625. The van der Waals surface area contributed by atoms with Gasteiger partial charge in [-0.25, -0.2) is 4.39 Å². The fourth-order valence-corrected chi connectivity index (χ4v) is 3.49. The molecule has 0 spiro atoms. The molecule has 0 bridgehead atoms. The Kier molecular flexibility index (Phi) is 4.89. The molecule has 0 saturated carbocycles. The summed E-state index contributed by atoms with van der Waals surface area (Å²) in [5.41, 5.74) is -0.706. The monoisotopic (exact) mass is 331 g/mol. The fourth-order valence-electron chi connectivity index (χ4n) is 3.49. The van der Waals surface area contributed by atoms with Crippen molar-refractivity contribution in [3.8, 4) is 0 Å². The van der Waals surface area contributed by atoms with Crippen LogP contribution >= 0.6 is 0 Å². The molecule has 2 aliphatic heterocycles. The van der Waals surface area contributed by atoms with Crippen LogP contribution in [0.3, 0.4) is 0 Å². The zero-order chi connectivity index (χ0) is 16.4. The summed E-state index contributed by atoms with van der Waals surface area (Å²) in [6.45, 7) is 5.68. The highest BCUT2D eigenvalue weighted by Crippen LogP contribution is 2.33. The Balaban J connectivity index is 1.66. The van der Waals surface area contributed by atoms with E-state index < -0.39 is 17.6 Å². The van der Waals surface area contributed by atoms with Crippen molar-refractivity contribution in [3.05, 3.63) is 35.1 Å². The number of hydrogen-bond acceptors (Lipinski definition) is 3. The molecule has 3 nitrogen and oxygen atoms in total. The van der Waals surface area contributed by atoms with Gasteiger partial charge in [0.25, 0.3) is 0 Å². The van der Waals surface area contributed by atoms with Crippen LogP contribution in [-0.2, 0) is 12.7 Å². The topological polar surface area (TPSA) is 18.5 Å². The van der Waals surface area contributed by atoms with E-state index in [2.05, 4.69) is 10.2 Å². The van der Waals surface area contributed by atoms with Crippen molar-refractivity contribution >= 4 is 0 Å². The molecule has 2 saturated heterocycles. The minimum absolute atomic E-state index is 0.153. The quantitative estimate of drug-likeness (QED) is 0.858. The zero-order valence-corrected chi connectivity index (χ0v) is 12.9. The van der Waals surface area contributed by atoms with Gasteiger partial charge < -0.3 is 5.32 Å². The second kappa shape index (κ2) is 6.75. The molecule has 7 heteroatoms. The summed E-state index contributed by atoms with van der Waals surface area (Å²) in [5, 5.41) is 3.30. The molecule has 0 aliphatic carbocycles. The molecule has 0 amide bonds. The van der Waals surface area contributed by atoms with Crippen LogP contribution in [0.15, 0.2) is 18.2 Å². The Morgan fingerprint density at radius 3 is 2.57 bits per heavy atom. The molecule has 2 aliphatic rings. The number of piperazine rings is 1. The van der Waals surface area contributed by atoms with E-state index in [9.17, 15) is 17.6 Å². The van der Waals surface area contributed by atoms with Gasteiger partial charge in [-0.3, -0.25) is 9.80 Å². The van der Waals surface area contributed by atoms with E-state index in [-0.39, 0.29) is 12.1 Å². The van der Waals surface area contributed by atoms with Crippen molar-refractivity contribution in [1.82, 2.24) is 15.1 Å². The number of hydrogen-bond donors (Lipinski definition) is 1. The van der Waals surface area contributed by atoms with Gasteiger partial charge in [-0.15, -0.1) is 0 Å². The first-order valence-corrected chi connectivity index (χ1v) is 7.96. The maximum atomic E-state index is 13.2. The van der Waals surface area contributed by atoms with Crippen molar-refractivity contribution in [2.45, 2.75) is 25.2 Å². The van der Waals surface area contributed by atoms with E-state index in [0.29, 0.717) is 12.1 Å². The van der Waals surface area contributed by atoms with Gasteiger partial charge in [0.1, 0.15) is 5.82 Å². The molecule has 23 heavy (non-hydrogen) atoms. The first-order valence-electron chi connectivity index (χ1n) is 7.96. The lowest BCUT2D eigenvalue weighted by Crippen LogP contribution is -2.49. The Morgan fingerprint density at radius 2 is 1.87 bits per heavy atom. The van der Waals surface area contributed by atoms with E-state index >= 15 is 0 Å². The van der Waals surface area contributed by atoms with Crippen molar-refractivity contribution < 1.29 is 17.6 Å². The van der Waals surface area contributed by atoms with Crippen LogP contribution in [0.5, 0.6) is 0 Å². The number of rotatable bonds is 3. The van der Waals surface area contributed by atoms with Crippen LogP contribution < -0.4 is 5.32 Å². The van der Waals surface area contributed by atoms with Gasteiger partial charge in [0.15, 0.2) is 0 Å². The van der Waals surface area contributed by atoms with Gasteiger partial charge >= 0.3 is 6.18 Å². The largest absolute Gasteiger partial charge is 0.416 e. The van der Waals surface area contributed by atoms with Gasteiger partial charge in [0, 0.05) is 51.9 Å². The van der Waals surface area contributed by atoms with Gasteiger partial charge in [-0.1, -0.05) is 6.07 Å². The highest BCUT2D eigenvalue weighted by Gasteiger charge is 2.35. The lowest BCUT2D eigenvalue weighted by Gasteiger charge is -2.32. The second-order valence-corrected chi connectivity index (χ2v) is 6.26. The molecule has 0 aromatic heterocycles. The zero-order valence-electron chi connectivity index (χ0n) is 12.9. The van der Waals surface area contributed by atoms with Gasteiger partial charge in [-0.05, 0) is 24.1 Å². The Labute approximate surface area is 133 Å². The molecule has 3 rings (SSSR count). The third-order valence-electron chi connectivity index (χ3n) is 4.69. The number of benzene rings is 1. The summed E-state index contributed by atoms with van der Waals surface area (Å²) in [5.74, 6) is -0.846. The van der Waals surface area contributed by atoms with E-state index in [4.69, 9.17) is 0 Å². The van der Waals surface area contributed by atoms with Crippen molar-refractivity contribution in [1.29, 1.82) is 0 Å². The Morgan fingerprint density at radius 1 is 1.13 bits per heavy atom. The van der Waals surface area contributed by atoms with E-state index in [0.717, 1.165) is 51.8 Å². The third-order valence-corrected chi connectivity index (χ3v) is 4.69. The van der Waals surface area contributed by atoms with Gasteiger partial charge in [-0.2, -0.15) is 13.2 Å². The normalized spacial score (nSPS) is 24.3. The van der Waals surface area contributed by atoms with E-state index in [1.54, 1.807) is 0 Å². The third kappa shape index (κ3) is 4.02. The second-order valence-electron chi connectivity index (χ2n) is 6.26. The first kappa shape index (κ1) is 16.7. The minimum atomic E-state index is -4.52. The highest BCUT2D eigenvalue weighted by molar-refractivity contribution is 5.30. The maximum absolute atomic E-state index is 13.2. The first-order chi connectivity index (χ1) is 10.9. The van der Waals surface area contributed by atoms with Gasteiger partial charge in [0.05, 0.1) is 5.56 Å². The number of alkyl halides is 3. The van der Waals surface area contributed by atoms with Crippen LogP contribution in [0.2, 0.25) is 0 Å². The molecular formula is C16H21F4N3. The average molecular weight is 331 g/mol. The molecule has 128 valence electrons. The molecule has 0 radical (unpaired) electrons. The summed E-state index contributed by atoms with van der Waals surface area (Å²) >= 11 is 0. The Hall–Kier alpha value is -1.18. The van der Waals surface area contributed by atoms with Crippen LogP contribution in [0.1, 0.15) is 17.5 Å². The van der Waals surface area contributed by atoms with Gasteiger partial charge in [0.2, 0.25) is 0 Å². The predicted molar refractivity (Wildman–Crippen MR) is 79.5 cm³/mol. The van der Waals surface area contributed by atoms with Crippen LogP contribution in [0.4, 0.5) is 17.6 Å². The molecule has 1 unspecified atom stereocenters. The van der Waals surface area contributed by atoms with E-state index in [1.807, 2.05) is 4.90 Å². The minimum Gasteiger partial charge on any atom is -0.314 e. The molecule has 1 atom stereocenters. The number of nitrogens with zero attached hydrogens (tertiary/aromatic N) is 2. The highest BCUT2D eigenvalue weighted by atomic mass is 19.4. The molecule has 2 fully saturated rings. The number of nitrogens with one attached hydrogen (secondary N) is 1. The number of halogens is 4.